The summed E-state index contributed by atoms with van der Waals surface area (Å²) in [5.74, 6) is -0.755. The lowest BCUT2D eigenvalue weighted by Crippen LogP contribution is -2.37. The number of carbonyl (C=O) groups excluding carboxylic acids is 3. The first-order valence-electron chi connectivity index (χ1n) is 8.47. The molecule has 0 aliphatic rings. The van der Waals surface area contributed by atoms with Gasteiger partial charge in [-0.1, -0.05) is 17.7 Å². The lowest BCUT2D eigenvalue weighted by atomic mass is 10.1. The predicted octanol–water partition coefficient (Wildman–Crippen LogP) is 3.21. The minimum atomic E-state index is -0.725. The Labute approximate surface area is 157 Å². The van der Waals surface area contributed by atoms with Gasteiger partial charge < -0.3 is 14.8 Å². The van der Waals surface area contributed by atoms with Crippen LogP contribution in [-0.2, 0) is 9.53 Å². The van der Waals surface area contributed by atoms with Gasteiger partial charge in [0.1, 0.15) is 5.75 Å². The van der Waals surface area contributed by atoms with Gasteiger partial charge in [-0.15, -0.1) is 0 Å². The summed E-state index contributed by atoms with van der Waals surface area (Å²) in [5, 5.41) is 4.70. The van der Waals surface area contributed by atoms with Crippen molar-refractivity contribution in [1.82, 2.24) is 5.32 Å². The van der Waals surface area contributed by atoms with Crippen LogP contribution in [0.15, 0.2) is 42.5 Å². The number of urea groups is 1. The number of hydrogen-bond acceptors (Lipinski definition) is 5. The molecule has 7 heteroatoms. The van der Waals surface area contributed by atoms with Crippen molar-refractivity contribution < 1.29 is 23.9 Å². The minimum absolute atomic E-state index is 0.283. The lowest BCUT2D eigenvalue weighted by molar-refractivity contribution is -0.123. The van der Waals surface area contributed by atoms with E-state index in [9.17, 15) is 14.4 Å². The van der Waals surface area contributed by atoms with E-state index in [1.165, 1.54) is 12.1 Å². The van der Waals surface area contributed by atoms with E-state index in [0.717, 1.165) is 11.1 Å². The van der Waals surface area contributed by atoms with Gasteiger partial charge in [0.2, 0.25) is 0 Å². The standard InChI is InChI=1S/C20H22N2O5/c1-4-26-16-8-6-15(7-9-16)19(24)27-12-18(23)22-20(25)21-17-10-5-13(2)11-14(17)3/h5-11H,4,12H2,1-3H3,(H2,21,22,23,25). The fourth-order valence-corrected chi connectivity index (χ4v) is 2.34. The number of carbonyl (C=O) groups is 3. The number of hydrogen-bond donors (Lipinski definition) is 2. The number of nitrogens with one attached hydrogen (secondary N) is 2. The predicted molar refractivity (Wildman–Crippen MR) is 101 cm³/mol. The van der Waals surface area contributed by atoms with Crippen molar-refractivity contribution in [2.45, 2.75) is 20.8 Å². The summed E-state index contributed by atoms with van der Waals surface area (Å²) in [4.78, 5) is 35.6. The monoisotopic (exact) mass is 370 g/mol. The van der Waals surface area contributed by atoms with Crippen molar-refractivity contribution >= 4 is 23.6 Å². The number of aryl methyl sites for hydroxylation is 2. The second kappa shape index (κ2) is 9.38. The third kappa shape index (κ3) is 6.14. The van der Waals surface area contributed by atoms with E-state index in [0.29, 0.717) is 18.0 Å². The molecule has 2 rings (SSSR count). The fourth-order valence-electron chi connectivity index (χ4n) is 2.34. The van der Waals surface area contributed by atoms with Gasteiger partial charge in [-0.05, 0) is 56.7 Å². The summed E-state index contributed by atoms with van der Waals surface area (Å²) < 4.78 is 10.2. The van der Waals surface area contributed by atoms with Crippen LogP contribution in [0.4, 0.5) is 10.5 Å². The molecule has 2 N–H and O–H groups in total. The molecule has 0 fully saturated rings. The molecular weight excluding hydrogens is 348 g/mol. The molecule has 0 spiro atoms. The Morgan fingerprint density at radius 1 is 1.00 bits per heavy atom. The number of anilines is 1. The van der Waals surface area contributed by atoms with Gasteiger partial charge in [-0.2, -0.15) is 0 Å². The second-order valence-corrected chi connectivity index (χ2v) is 5.85. The van der Waals surface area contributed by atoms with Gasteiger partial charge in [-0.3, -0.25) is 10.1 Å². The highest BCUT2D eigenvalue weighted by Gasteiger charge is 2.13. The molecule has 142 valence electrons. The van der Waals surface area contributed by atoms with Gasteiger partial charge in [0.25, 0.3) is 5.91 Å². The normalized spacial score (nSPS) is 10.0. The van der Waals surface area contributed by atoms with Crippen LogP contribution in [0.5, 0.6) is 5.75 Å². The van der Waals surface area contributed by atoms with Gasteiger partial charge in [-0.25, -0.2) is 9.59 Å². The maximum Gasteiger partial charge on any atom is 0.338 e. The first-order valence-corrected chi connectivity index (χ1v) is 8.47. The summed E-state index contributed by atoms with van der Waals surface area (Å²) in [6.07, 6.45) is 0. The summed E-state index contributed by atoms with van der Waals surface area (Å²) in [6, 6.07) is 11.2. The van der Waals surface area contributed by atoms with Gasteiger partial charge in [0.05, 0.1) is 12.2 Å². The molecule has 7 nitrogen and oxygen atoms in total. The van der Waals surface area contributed by atoms with E-state index < -0.39 is 24.5 Å². The maximum absolute atomic E-state index is 11.9. The van der Waals surface area contributed by atoms with Crippen LogP contribution in [0.25, 0.3) is 0 Å². The van der Waals surface area contributed by atoms with Crippen LogP contribution in [0.1, 0.15) is 28.4 Å². The Balaban J connectivity index is 1.81. The summed E-state index contributed by atoms with van der Waals surface area (Å²) in [5.41, 5.74) is 2.82. The van der Waals surface area contributed by atoms with Gasteiger partial charge in [0, 0.05) is 5.69 Å². The zero-order valence-electron chi connectivity index (χ0n) is 15.5. The summed E-state index contributed by atoms with van der Waals surface area (Å²) in [7, 11) is 0. The molecule has 3 amide bonds. The molecule has 0 aromatic heterocycles. The zero-order chi connectivity index (χ0) is 19.8. The number of rotatable bonds is 6. The molecule has 0 aliphatic heterocycles. The average molecular weight is 370 g/mol. The van der Waals surface area contributed by atoms with E-state index in [1.54, 1.807) is 18.2 Å². The number of esters is 1. The largest absolute Gasteiger partial charge is 0.494 e. The molecule has 27 heavy (non-hydrogen) atoms. The molecule has 0 bridgehead atoms. The summed E-state index contributed by atoms with van der Waals surface area (Å²) in [6.45, 7) is 5.61. The van der Waals surface area contributed by atoms with E-state index in [-0.39, 0.29) is 5.56 Å². The molecule has 0 aliphatic carbocycles. The number of amides is 3. The van der Waals surface area contributed by atoms with Crippen LogP contribution in [0.2, 0.25) is 0 Å². The minimum Gasteiger partial charge on any atom is -0.494 e. The first-order chi connectivity index (χ1) is 12.9. The number of imide groups is 1. The molecule has 2 aromatic carbocycles. The van der Waals surface area contributed by atoms with Crippen molar-refractivity contribution in [1.29, 1.82) is 0 Å². The van der Waals surface area contributed by atoms with Gasteiger partial charge >= 0.3 is 12.0 Å². The number of benzene rings is 2. The Hall–Kier alpha value is -3.35. The van der Waals surface area contributed by atoms with Crippen LogP contribution >= 0.6 is 0 Å². The van der Waals surface area contributed by atoms with Crippen LogP contribution in [0, 0.1) is 13.8 Å². The van der Waals surface area contributed by atoms with Crippen molar-refractivity contribution in [3.63, 3.8) is 0 Å². The average Bonchev–Trinajstić information content (AvgIpc) is 2.63. The van der Waals surface area contributed by atoms with E-state index in [2.05, 4.69) is 10.6 Å². The smallest absolute Gasteiger partial charge is 0.338 e. The first kappa shape index (κ1) is 20.0. The molecule has 0 atom stereocenters. The highest BCUT2D eigenvalue weighted by Crippen LogP contribution is 2.15. The summed E-state index contributed by atoms with van der Waals surface area (Å²) >= 11 is 0. The van der Waals surface area contributed by atoms with Gasteiger partial charge in [0.15, 0.2) is 6.61 Å². The Kier molecular flexibility index (Phi) is 6.93. The molecule has 0 unspecified atom stereocenters. The molecule has 0 radical (unpaired) electrons. The van der Waals surface area contributed by atoms with Crippen molar-refractivity contribution in [2.75, 3.05) is 18.5 Å². The lowest BCUT2D eigenvalue weighted by Gasteiger charge is -2.10. The second-order valence-electron chi connectivity index (χ2n) is 5.85. The molecule has 2 aromatic rings. The van der Waals surface area contributed by atoms with Crippen LogP contribution in [0.3, 0.4) is 0 Å². The van der Waals surface area contributed by atoms with Crippen LogP contribution < -0.4 is 15.4 Å². The fraction of sp³-hybridized carbons (Fsp3) is 0.250. The molecule has 0 saturated heterocycles. The Bertz CT molecular complexity index is 831. The third-order valence-electron chi connectivity index (χ3n) is 3.62. The molecule has 0 saturated carbocycles. The van der Waals surface area contributed by atoms with Crippen LogP contribution in [-0.4, -0.2) is 31.1 Å². The SMILES string of the molecule is CCOc1ccc(C(=O)OCC(=O)NC(=O)Nc2ccc(C)cc2C)cc1. The van der Waals surface area contributed by atoms with E-state index in [4.69, 9.17) is 9.47 Å². The van der Waals surface area contributed by atoms with E-state index >= 15 is 0 Å². The quantitative estimate of drug-likeness (QED) is 0.762. The van der Waals surface area contributed by atoms with Crippen molar-refractivity contribution in [2.24, 2.45) is 0 Å². The maximum atomic E-state index is 11.9. The van der Waals surface area contributed by atoms with Crippen molar-refractivity contribution in [3.8, 4) is 5.75 Å². The molecular formula is C20H22N2O5. The zero-order valence-corrected chi connectivity index (χ0v) is 15.5. The van der Waals surface area contributed by atoms with E-state index in [1.807, 2.05) is 32.9 Å². The third-order valence-corrected chi connectivity index (χ3v) is 3.62. The highest BCUT2D eigenvalue weighted by atomic mass is 16.5. The number of ether oxygens (including phenoxy) is 2. The topological polar surface area (TPSA) is 93.7 Å². The Morgan fingerprint density at radius 2 is 1.70 bits per heavy atom. The van der Waals surface area contributed by atoms with Crippen molar-refractivity contribution in [3.05, 3.63) is 59.2 Å². The highest BCUT2D eigenvalue weighted by molar-refractivity contribution is 6.02. The Morgan fingerprint density at radius 3 is 2.33 bits per heavy atom. The molecule has 0 heterocycles.